The molecular formula is C15H19ClN2O2S. The molecule has 6 heteroatoms. The average molecular weight is 327 g/mol. The molecule has 1 atom stereocenters. The summed E-state index contributed by atoms with van der Waals surface area (Å²) in [5, 5.41) is 3.87. The van der Waals surface area contributed by atoms with Gasteiger partial charge in [0, 0.05) is 36.3 Å². The molecule has 1 unspecified atom stereocenters. The standard InChI is InChI=1S/C15H19ClN2O2S/c1-11-8-17-6-7-18(11)15(20)10-21-9-14(19)12-2-4-13(16)5-3-12/h2-5,11,17H,6-10H2,1H3. The lowest BCUT2D eigenvalue weighted by Gasteiger charge is -2.33. The summed E-state index contributed by atoms with van der Waals surface area (Å²) in [4.78, 5) is 26.0. The first kappa shape index (κ1) is 16.3. The van der Waals surface area contributed by atoms with Gasteiger partial charge in [-0.15, -0.1) is 11.8 Å². The van der Waals surface area contributed by atoms with Crippen LogP contribution in [0.5, 0.6) is 0 Å². The van der Waals surface area contributed by atoms with Gasteiger partial charge in [-0.2, -0.15) is 0 Å². The maximum atomic E-state index is 12.1. The molecule has 2 rings (SSSR count). The zero-order chi connectivity index (χ0) is 15.2. The number of thioether (sulfide) groups is 1. The minimum Gasteiger partial charge on any atom is -0.337 e. The van der Waals surface area contributed by atoms with Gasteiger partial charge in [-0.25, -0.2) is 0 Å². The maximum Gasteiger partial charge on any atom is 0.232 e. The smallest absolute Gasteiger partial charge is 0.232 e. The van der Waals surface area contributed by atoms with Crippen molar-refractivity contribution in [1.29, 1.82) is 0 Å². The molecule has 0 saturated carbocycles. The molecule has 1 saturated heterocycles. The van der Waals surface area contributed by atoms with E-state index in [0.29, 0.717) is 22.1 Å². The van der Waals surface area contributed by atoms with Gasteiger partial charge in [0.05, 0.1) is 11.5 Å². The van der Waals surface area contributed by atoms with Gasteiger partial charge in [-0.3, -0.25) is 9.59 Å². The van der Waals surface area contributed by atoms with Crippen molar-refractivity contribution in [3.8, 4) is 0 Å². The summed E-state index contributed by atoms with van der Waals surface area (Å²) in [6.07, 6.45) is 0. The molecule has 1 aromatic rings. The molecule has 1 amide bonds. The molecule has 1 fully saturated rings. The predicted molar refractivity (Wildman–Crippen MR) is 87.2 cm³/mol. The summed E-state index contributed by atoms with van der Waals surface area (Å²) in [5.41, 5.74) is 0.634. The van der Waals surface area contributed by atoms with Crippen LogP contribution >= 0.6 is 23.4 Å². The van der Waals surface area contributed by atoms with Crippen molar-refractivity contribution in [1.82, 2.24) is 10.2 Å². The lowest BCUT2D eigenvalue weighted by molar-refractivity contribution is -0.131. The highest BCUT2D eigenvalue weighted by Crippen LogP contribution is 2.13. The van der Waals surface area contributed by atoms with E-state index in [9.17, 15) is 9.59 Å². The Morgan fingerprint density at radius 1 is 1.33 bits per heavy atom. The second-order valence-corrected chi connectivity index (χ2v) is 6.49. The third-order valence-electron chi connectivity index (χ3n) is 3.45. The van der Waals surface area contributed by atoms with Crippen molar-refractivity contribution in [2.75, 3.05) is 31.1 Å². The highest BCUT2D eigenvalue weighted by Gasteiger charge is 2.22. The summed E-state index contributed by atoms with van der Waals surface area (Å²) >= 11 is 7.16. The Kier molecular flexibility index (Phi) is 6.08. The van der Waals surface area contributed by atoms with E-state index in [-0.39, 0.29) is 17.7 Å². The van der Waals surface area contributed by atoms with Crippen molar-refractivity contribution in [2.24, 2.45) is 0 Å². The van der Waals surface area contributed by atoms with Crippen LogP contribution in [0.2, 0.25) is 5.02 Å². The van der Waals surface area contributed by atoms with Gasteiger partial charge < -0.3 is 10.2 Å². The van der Waals surface area contributed by atoms with Gasteiger partial charge in [0.1, 0.15) is 0 Å². The first-order valence-corrected chi connectivity index (χ1v) is 8.48. The third-order valence-corrected chi connectivity index (χ3v) is 4.62. The molecule has 21 heavy (non-hydrogen) atoms. The largest absolute Gasteiger partial charge is 0.337 e. The van der Waals surface area contributed by atoms with E-state index in [1.54, 1.807) is 24.3 Å². The van der Waals surface area contributed by atoms with E-state index >= 15 is 0 Å². The summed E-state index contributed by atoms with van der Waals surface area (Å²) in [5.74, 6) is 0.799. The van der Waals surface area contributed by atoms with E-state index in [1.165, 1.54) is 11.8 Å². The molecule has 0 aromatic heterocycles. The lowest BCUT2D eigenvalue weighted by atomic mass is 10.1. The first-order valence-electron chi connectivity index (χ1n) is 6.94. The number of piperazine rings is 1. The summed E-state index contributed by atoms with van der Waals surface area (Å²) in [7, 11) is 0. The number of hydrogen-bond acceptors (Lipinski definition) is 4. The zero-order valence-corrected chi connectivity index (χ0v) is 13.5. The maximum absolute atomic E-state index is 12.1. The molecule has 1 aliphatic rings. The Hall–Kier alpha value is -1.04. The lowest BCUT2D eigenvalue weighted by Crippen LogP contribution is -2.52. The van der Waals surface area contributed by atoms with Gasteiger partial charge in [-0.05, 0) is 31.2 Å². The summed E-state index contributed by atoms with van der Waals surface area (Å²) < 4.78 is 0. The van der Waals surface area contributed by atoms with E-state index in [0.717, 1.165) is 19.6 Å². The summed E-state index contributed by atoms with van der Waals surface area (Å²) in [6.45, 7) is 4.45. The van der Waals surface area contributed by atoms with Gasteiger partial charge in [0.15, 0.2) is 5.78 Å². The van der Waals surface area contributed by atoms with E-state index in [1.807, 2.05) is 11.8 Å². The van der Waals surface area contributed by atoms with Crippen LogP contribution in [0.15, 0.2) is 24.3 Å². The monoisotopic (exact) mass is 326 g/mol. The van der Waals surface area contributed by atoms with Crippen LogP contribution < -0.4 is 5.32 Å². The average Bonchev–Trinajstić information content (AvgIpc) is 2.48. The first-order chi connectivity index (χ1) is 10.1. The predicted octanol–water partition coefficient (Wildman–Crippen LogP) is 2.08. The number of halogens is 1. The molecule has 0 aliphatic carbocycles. The molecule has 0 radical (unpaired) electrons. The SMILES string of the molecule is CC1CNCCN1C(=O)CSCC(=O)c1ccc(Cl)cc1. The number of nitrogens with one attached hydrogen (secondary N) is 1. The van der Waals surface area contributed by atoms with Gasteiger partial charge in [-0.1, -0.05) is 11.6 Å². The van der Waals surface area contributed by atoms with Gasteiger partial charge in [0.25, 0.3) is 0 Å². The number of ketones is 1. The highest BCUT2D eigenvalue weighted by atomic mass is 35.5. The van der Waals surface area contributed by atoms with Crippen LogP contribution in [0.4, 0.5) is 0 Å². The number of amides is 1. The normalized spacial score (nSPS) is 18.6. The van der Waals surface area contributed by atoms with Crippen molar-refractivity contribution >= 4 is 35.1 Å². The van der Waals surface area contributed by atoms with Gasteiger partial charge in [0.2, 0.25) is 5.91 Å². The Morgan fingerprint density at radius 3 is 2.71 bits per heavy atom. The number of carbonyl (C=O) groups is 2. The Labute approximate surface area is 134 Å². The van der Waals surface area contributed by atoms with Crippen molar-refractivity contribution in [3.05, 3.63) is 34.9 Å². The van der Waals surface area contributed by atoms with Crippen LogP contribution in [0.25, 0.3) is 0 Å². The number of rotatable bonds is 5. The minimum atomic E-state index is 0.0258. The number of benzene rings is 1. The quantitative estimate of drug-likeness (QED) is 0.842. The van der Waals surface area contributed by atoms with Crippen molar-refractivity contribution in [3.63, 3.8) is 0 Å². The van der Waals surface area contributed by atoms with Gasteiger partial charge >= 0.3 is 0 Å². The van der Waals surface area contributed by atoms with Crippen LogP contribution in [-0.2, 0) is 4.79 Å². The van der Waals surface area contributed by atoms with Crippen LogP contribution in [0.1, 0.15) is 17.3 Å². The Morgan fingerprint density at radius 2 is 2.05 bits per heavy atom. The molecule has 1 aromatic carbocycles. The second-order valence-electron chi connectivity index (χ2n) is 5.06. The van der Waals surface area contributed by atoms with E-state index in [2.05, 4.69) is 5.32 Å². The molecule has 4 nitrogen and oxygen atoms in total. The fourth-order valence-electron chi connectivity index (χ4n) is 2.24. The molecular weight excluding hydrogens is 308 g/mol. The fraction of sp³-hybridized carbons (Fsp3) is 0.467. The van der Waals surface area contributed by atoms with E-state index in [4.69, 9.17) is 11.6 Å². The molecule has 1 N–H and O–H groups in total. The summed E-state index contributed by atoms with van der Waals surface area (Å²) in [6, 6.07) is 7.05. The highest BCUT2D eigenvalue weighted by molar-refractivity contribution is 8.00. The zero-order valence-electron chi connectivity index (χ0n) is 12.0. The molecule has 0 bridgehead atoms. The topological polar surface area (TPSA) is 49.4 Å². The minimum absolute atomic E-state index is 0.0258. The molecule has 114 valence electrons. The van der Waals surface area contributed by atoms with Crippen molar-refractivity contribution in [2.45, 2.75) is 13.0 Å². The van der Waals surface area contributed by atoms with Crippen LogP contribution in [0.3, 0.4) is 0 Å². The number of hydrogen-bond donors (Lipinski definition) is 1. The number of nitrogens with zero attached hydrogens (tertiary/aromatic N) is 1. The van der Waals surface area contributed by atoms with Crippen molar-refractivity contribution < 1.29 is 9.59 Å². The Bertz CT molecular complexity index is 507. The van der Waals surface area contributed by atoms with Crippen LogP contribution in [0, 0.1) is 0 Å². The number of Topliss-reactive ketones (excluding diaryl/α,β-unsaturated/α-hetero) is 1. The fourth-order valence-corrected chi connectivity index (χ4v) is 3.17. The molecule has 1 aliphatic heterocycles. The molecule has 1 heterocycles. The molecule has 0 spiro atoms. The second kappa shape index (κ2) is 7.82. The number of carbonyl (C=O) groups excluding carboxylic acids is 2. The van der Waals surface area contributed by atoms with E-state index < -0.39 is 0 Å². The third kappa shape index (κ3) is 4.73. The van der Waals surface area contributed by atoms with Crippen LogP contribution in [-0.4, -0.2) is 53.8 Å². The Balaban J connectivity index is 1.77.